The summed E-state index contributed by atoms with van der Waals surface area (Å²) in [5.41, 5.74) is 0.512. The highest BCUT2D eigenvalue weighted by molar-refractivity contribution is 6.30. The van der Waals surface area contributed by atoms with Crippen molar-refractivity contribution >= 4 is 23.4 Å². The lowest BCUT2D eigenvalue weighted by molar-refractivity contribution is -0.908. The average Bonchev–Trinajstić information content (AvgIpc) is 2.86. The standard InChI is InChI=1S/C21H23ClFNO2.C7H6O4/c22-18-7-5-17(6-8-18)21(26)11-14-24(15-12-21)13-1-2-20(25)16-3-9-19(23)10-4-16;8-5-1-4(7(10)11)2-6(9)3-5/h3-10,26H,1-2,11-15H2;1-3,8-9H,(H,10,11). The number of likely N-dealkylation sites (tertiary alicyclic amines) is 1. The number of phenols is 1. The average molecular weight is 530 g/mol. The molecular formula is C28H29ClFNO6. The van der Waals surface area contributed by atoms with E-state index in [-0.39, 0.29) is 22.9 Å². The molecule has 0 atom stereocenters. The highest BCUT2D eigenvalue weighted by Gasteiger charge is 2.36. The number of ketones is 1. The minimum Gasteiger partial charge on any atom is -0.872 e. The number of benzene rings is 3. The largest absolute Gasteiger partial charge is 0.872 e. The quantitative estimate of drug-likeness (QED) is 0.349. The van der Waals surface area contributed by atoms with Crippen LogP contribution in [-0.4, -0.2) is 46.7 Å². The summed E-state index contributed by atoms with van der Waals surface area (Å²) < 4.78 is 12.9. The smallest absolute Gasteiger partial charge is 0.335 e. The van der Waals surface area contributed by atoms with E-state index in [1.165, 1.54) is 29.2 Å². The first-order chi connectivity index (χ1) is 17.6. The van der Waals surface area contributed by atoms with Crippen molar-refractivity contribution in [2.75, 3.05) is 19.6 Å². The maximum atomic E-state index is 12.9. The first-order valence-electron chi connectivity index (χ1n) is 11.9. The Kier molecular flexibility index (Phi) is 9.63. The fourth-order valence-corrected chi connectivity index (χ4v) is 4.43. The van der Waals surface area contributed by atoms with E-state index in [9.17, 15) is 24.2 Å². The lowest BCUT2D eigenvalue weighted by Crippen LogP contribution is -3.13. The van der Waals surface area contributed by atoms with Gasteiger partial charge in [-0.05, 0) is 54.1 Å². The number of piperidine rings is 1. The summed E-state index contributed by atoms with van der Waals surface area (Å²) in [6.07, 6.45) is 2.67. The van der Waals surface area contributed by atoms with Gasteiger partial charge in [0.15, 0.2) is 5.78 Å². The highest BCUT2D eigenvalue weighted by atomic mass is 35.5. The summed E-state index contributed by atoms with van der Waals surface area (Å²) in [7, 11) is 0. The van der Waals surface area contributed by atoms with Crippen LogP contribution in [0.25, 0.3) is 0 Å². The van der Waals surface area contributed by atoms with Crippen molar-refractivity contribution in [3.05, 3.63) is 94.3 Å². The van der Waals surface area contributed by atoms with Crippen LogP contribution in [0.3, 0.4) is 0 Å². The van der Waals surface area contributed by atoms with Gasteiger partial charge in [-0.1, -0.05) is 29.8 Å². The number of rotatable bonds is 7. The summed E-state index contributed by atoms with van der Waals surface area (Å²) in [5.74, 6) is -2.33. The normalized spacial score (nSPS) is 18.9. The Balaban J connectivity index is 0.000000289. The maximum absolute atomic E-state index is 12.9. The zero-order valence-corrected chi connectivity index (χ0v) is 20.9. The molecule has 0 bridgehead atoms. The molecule has 1 fully saturated rings. The van der Waals surface area contributed by atoms with Crippen LogP contribution in [-0.2, 0) is 5.60 Å². The second kappa shape index (κ2) is 12.7. The van der Waals surface area contributed by atoms with Crippen molar-refractivity contribution in [3.8, 4) is 11.5 Å². The molecule has 0 saturated carbocycles. The van der Waals surface area contributed by atoms with E-state index in [1.807, 2.05) is 24.3 Å². The number of carbonyl (C=O) groups excluding carboxylic acids is 1. The number of aromatic carboxylic acids is 1. The fourth-order valence-electron chi connectivity index (χ4n) is 4.30. The fraction of sp³-hybridized carbons (Fsp3) is 0.286. The van der Waals surface area contributed by atoms with Gasteiger partial charge in [0.25, 0.3) is 0 Å². The molecule has 0 unspecified atom stereocenters. The molecular weight excluding hydrogens is 501 g/mol. The molecule has 4 rings (SSSR count). The molecule has 0 radical (unpaired) electrons. The van der Waals surface area contributed by atoms with Crippen LogP contribution < -0.4 is 10.0 Å². The number of aliphatic hydroxyl groups is 1. The van der Waals surface area contributed by atoms with Gasteiger partial charge in [0.1, 0.15) is 17.2 Å². The SMILES string of the molecule is O=C(CCC[NH+]1CCC(O)(c2ccc(Cl)cc2)CC1)c1ccc(F)cc1.O=C(O)c1cc([O-])cc(O)c1. The van der Waals surface area contributed by atoms with Gasteiger partial charge in [-0.3, -0.25) is 4.79 Å². The number of aromatic hydroxyl groups is 1. The van der Waals surface area contributed by atoms with Crippen molar-refractivity contribution in [1.29, 1.82) is 0 Å². The molecule has 0 aliphatic carbocycles. The zero-order valence-electron chi connectivity index (χ0n) is 20.1. The predicted octanol–water partition coefficient (Wildman–Crippen LogP) is 3.17. The van der Waals surface area contributed by atoms with Crippen LogP contribution >= 0.6 is 11.6 Å². The molecule has 9 heteroatoms. The lowest BCUT2D eigenvalue weighted by Gasteiger charge is -2.36. The van der Waals surface area contributed by atoms with Gasteiger partial charge in [-0.2, -0.15) is 0 Å². The van der Waals surface area contributed by atoms with Gasteiger partial charge in [0.2, 0.25) is 0 Å². The summed E-state index contributed by atoms with van der Waals surface area (Å²) in [6, 6.07) is 16.1. The van der Waals surface area contributed by atoms with E-state index in [0.717, 1.165) is 49.8 Å². The molecule has 1 aliphatic heterocycles. The van der Waals surface area contributed by atoms with Crippen LogP contribution in [0, 0.1) is 5.82 Å². The Bertz CT molecular complexity index is 1190. The van der Waals surface area contributed by atoms with Crippen LogP contribution in [0.15, 0.2) is 66.7 Å². The molecule has 37 heavy (non-hydrogen) atoms. The van der Waals surface area contributed by atoms with E-state index in [4.69, 9.17) is 21.8 Å². The number of quaternary nitrogens is 1. The lowest BCUT2D eigenvalue weighted by atomic mass is 9.84. The van der Waals surface area contributed by atoms with Gasteiger partial charge >= 0.3 is 5.97 Å². The van der Waals surface area contributed by atoms with Crippen molar-refractivity contribution in [1.82, 2.24) is 0 Å². The zero-order chi connectivity index (χ0) is 27.0. The number of Topliss-reactive ketones (excluding diaryl/α,β-unsaturated/α-hetero) is 1. The summed E-state index contributed by atoms with van der Waals surface area (Å²) >= 11 is 5.92. The number of nitrogens with one attached hydrogen (secondary N) is 1. The molecule has 0 aromatic heterocycles. The van der Waals surface area contributed by atoms with Crippen molar-refractivity contribution in [3.63, 3.8) is 0 Å². The Morgan fingerprint density at radius 3 is 2.16 bits per heavy atom. The van der Waals surface area contributed by atoms with Gasteiger partial charge in [0.05, 0.1) is 25.2 Å². The molecule has 3 aromatic carbocycles. The van der Waals surface area contributed by atoms with Crippen molar-refractivity contribution in [2.24, 2.45) is 0 Å². The second-order valence-corrected chi connectivity index (χ2v) is 9.53. The number of carboxylic acids is 1. The number of carbonyl (C=O) groups is 2. The Morgan fingerprint density at radius 2 is 1.59 bits per heavy atom. The number of phenolic OH excluding ortho intramolecular Hbond substituents is 1. The van der Waals surface area contributed by atoms with Crippen LogP contribution in [0.4, 0.5) is 4.39 Å². The van der Waals surface area contributed by atoms with E-state index >= 15 is 0 Å². The summed E-state index contributed by atoms with van der Waals surface area (Å²) in [4.78, 5) is 23.8. The Hall–Kier alpha value is -3.46. The summed E-state index contributed by atoms with van der Waals surface area (Å²) in [6.45, 7) is 2.66. The number of carboxylic acid groups (broad SMARTS) is 1. The predicted molar refractivity (Wildman–Crippen MR) is 135 cm³/mol. The first kappa shape index (κ1) is 28.1. The van der Waals surface area contributed by atoms with Crippen LogP contribution in [0.2, 0.25) is 5.02 Å². The first-order valence-corrected chi connectivity index (χ1v) is 12.3. The molecule has 4 N–H and O–H groups in total. The molecule has 1 heterocycles. The van der Waals surface area contributed by atoms with Crippen LogP contribution in [0.1, 0.15) is 52.0 Å². The van der Waals surface area contributed by atoms with E-state index in [1.54, 1.807) is 0 Å². The number of hydrogen-bond acceptors (Lipinski definition) is 5. The van der Waals surface area contributed by atoms with Crippen molar-refractivity contribution < 1.29 is 39.3 Å². The molecule has 1 saturated heterocycles. The molecule has 3 aromatic rings. The Labute approximate surface area is 219 Å². The molecule has 7 nitrogen and oxygen atoms in total. The monoisotopic (exact) mass is 529 g/mol. The van der Waals surface area contributed by atoms with Crippen LogP contribution in [0.5, 0.6) is 11.5 Å². The maximum Gasteiger partial charge on any atom is 0.335 e. The minimum absolute atomic E-state index is 0.0547. The molecule has 0 spiro atoms. The highest BCUT2D eigenvalue weighted by Crippen LogP contribution is 2.30. The topological polar surface area (TPSA) is 122 Å². The number of hydrogen-bond donors (Lipinski definition) is 4. The second-order valence-electron chi connectivity index (χ2n) is 9.09. The van der Waals surface area contributed by atoms with Gasteiger partial charge in [0, 0.05) is 36.3 Å². The molecule has 0 amide bonds. The van der Waals surface area contributed by atoms with Gasteiger partial charge in [-0.25, -0.2) is 9.18 Å². The van der Waals surface area contributed by atoms with Gasteiger partial charge < -0.3 is 25.3 Å². The Morgan fingerprint density at radius 1 is 0.973 bits per heavy atom. The third kappa shape index (κ3) is 8.28. The van der Waals surface area contributed by atoms with E-state index < -0.39 is 17.3 Å². The minimum atomic E-state index is -1.22. The molecule has 1 aliphatic rings. The molecule has 196 valence electrons. The third-order valence-electron chi connectivity index (χ3n) is 6.40. The third-order valence-corrected chi connectivity index (χ3v) is 6.66. The van der Waals surface area contributed by atoms with Gasteiger partial charge in [-0.15, -0.1) is 5.75 Å². The summed E-state index contributed by atoms with van der Waals surface area (Å²) in [5, 5.41) is 39.3. The van der Waals surface area contributed by atoms with Crippen molar-refractivity contribution in [2.45, 2.75) is 31.3 Å². The number of halogens is 2. The van der Waals surface area contributed by atoms with E-state index in [0.29, 0.717) is 29.8 Å². The van der Waals surface area contributed by atoms with E-state index in [2.05, 4.69) is 0 Å².